The molecule has 2 aromatic carbocycles. The number of fused-ring (bicyclic) bond motifs is 2. The Bertz CT molecular complexity index is 851. The minimum absolute atomic E-state index is 0.173. The molecule has 0 spiro atoms. The molecule has 2 saturated heterocycles. The average molecular weight is 391 g/mol. The van der Waals surface area contributed by atoms with E-state index in [4.69, 9.17) is 0 Å². The maximum atomic E-state index is 13.7. The van der Waals surface area contributed by atoms with Crippen molar-refractivity contribution in [2.45, 2.75) is 50.5 Å². The molecule has 28 heavy (non-hydrogen) atoms. The van der Waals surface area contributed by atoms with Crippen molar-refractivity contribution in [3.8, 4) is 0 Å². The first-order valence-corrected chi connectivity index (χ1v) is 9.53. The fourth-order valence-corrected chi connectivity index (χ4v) is 4.67. The highest BCUT2D eigenvalue weighted by Gasteiger charge is 2.43. The van der Waals surface area contributed by atoms with Gasteiger partial charge in [-0.15, -0.1) is 0 Å². The molecule has 0 aromatic heterocycles. The molecule has 0 radical (unpaired) electrons. The highest BCUT2D eigenvalue weighted by Crippen LogP contribution is 2.41. The van der Waals surface area contributed by atoms with Gasteiger partial charge in [0.15, 0.2) is 5.78 Å². The summed E-state index contributed by atoms with van der Waals surface area (Å²) in [6.45, 7) is 0.815. The van der Waals surface area contributed by atoms with Crippen LogP contribution in [-0.2, 0) is 12.7 Å². The van der Waals surface area contributed by atoms with E-state index >= 15 is 0 Å². The van der Waals surface area contributed by atoms with Crippen molar-refractivity contribution in [1.82, 2.24) is 4.90 Å². The quantitative estimate of drug-likeness (QED) is 0.509. The zero-order chi connectivity index (χ0) is 19.9. The standard InChI is InChI=1S/C22H21F4NO/c23-18-9-15(8-17(12-18)22(24,25)26)21(28)16-10-19-6-7-20(11-16)27(19)13-14-4-2-1-3-5-14/h1-5,8-9,12,16,19-20H,6-7,10-11,13H2. The molecule has 2 aromatic rings. The number of carbonyl (C=O) groups excluding carboxylic acids is 1. The van der Waals surface area contributed by atoms with E-state index in [2.05, 4.69) is 17.0 Å². The van der Waals surface area contributed by atoms with Gasteiger partial charge in [0.1, 0.15) is 5.82 Å². The number of ketones is 1. The molecular weight excluding hydrogens is 370 g/mol. The maximum absolute atomic E-state index is 13.7. The average Bonchev–Trinajstić information content (AvgIpc) is 2.88. The molecule has 2 aliphatic rings. The summed E-state index contributed by atoms with van der Waals surface area (Å²) >= 11 is 0. The van der Waals surface area contributed by atoms with Crippen molar-refractivity contribution in [1.29, 1.82) is 0 Å². The number of hydrogen-bond donors (Lipinski definition) is 0. The Morgan fingerprint density at radius 1 is 1.00 bits per heavy atom. The normalized spacial score (nSPS) is 25.1. The first kappa shape index (κ1) is 19.1. The van der Waals surface area contributed by atoms with E-state index in [-0.39, 0.29) is 29.3 Å². The molecule has 6 heteroatoms. The van der Waals surface area contributed by atoms with E-state index in [0.29, 0.717) is 18.9 Å². The van der Waals surface area contributed by atoms with Crippen LogP contribution in [0.4, 0.5) is 17.6 Å². The van der Waals surface area contributed by atoms with Gasteiger partial charge in [0.25, 0.3) is 0 Å². The van der Waals surface area contributed by atoms with Gasteiger partial charge in [-0.05, 0) is 49.4 Å². The summed E-state index contributed by atoms with van der Waals surface area (Å²) < 4.78 is 52.6. The van der Waals surface area contributed by atoms with Crippen molar-refractivity contribution < 1.29 is 22.4 Å². The third kappa shape index (κ3) is 3.83. The summed E-state index contributed by atoms with van der Waals surface area (Å²) in [7, 11) is 0. The second-order valence-corrected chi connectivity index (χ2v) is 7.80. The Morgan fingerprint density at radius 3 is 2.25 bits per heavy atom. The summed E-state index contributed by atoms with van der Waals surface area (Å²) in [5.74, 6) is -1.75. The summed E-state index contributed by atoms with van der Waals surface area (Å²) in [4.78, 5) is 15.3. The Hall–Kier alpha value is -2.21. The van der Waals surface area contributed by atoms with Gasteiger partial charge >= 0.3 is 6.18 Å². The van der Waals surface area contributed by atoms with Crippen LogP contribution in [0, 0.1) is 11.7 Å². The van der Waals surface area contributed by atoms with Gasteiger partial charge in [-0.3, -0.25) is 9.69 Å². The van der Waals surface area contributed by atoms with Crippen molar-refractivity contribution in [2.24, 2.45) is 5.92 Å². The number of nitrogens with zero attached hydrogens (tertiary/aromatic N) is 1. The van der Waals surface area contributed by atoms with E-state index in [1.165, 1.54) is 5.56 Å². The Balaban J connectivity index is 1.50. The number of benzene rings is 2. The third-order valence-corrected chi connectivity index (χ3v) is 5.97. The van der Waals surface area contributed by atoms with E-state index in [9.17, 15) is 22.4 Å². The second kappa shape index (κ2) is 7.32. The lowest BCUT2D eigenvalue weighted by molar-refractivity contribution is -0.137. The number of halogens is 4. The van der Waals surface area contributed by atoms with E-state index in [1.807, 2.05) is 18.2 Å². The molecule has 2 heterocycles. The van der Waals surface area contributed by atoms with Gasteiger partial charge < -0.3 is 0 Å². The Labute approximate surface area is 161 Å². The zero-order valence-electron chi connectivity index (χ0n) is 15.3. The lowest BCUT2D eigenvalue weighted by Crippen LogP contribution is -2.44. The maximum Gasteiger partial charge on any atom is 0.416 e. The molecule has 2 aliphatic heterocycles. The van der Waals surface area contributed by atoms with E-state index in [1.54, 1.807) is 0 Å². The molecular formula is C22H21F4NO. The smallest absolute Gasteiger partial charge is 0.294 e. The van der Waals surface area contributed by atoms with Crippen LogP contribution in [0.15, 0.2) is 48.5 Å². The van der Waals surface area contributed by atoms with Crippen LogP contribution in [0.3, 0.4) is 0 Å². The molecule has 2 bridgehead atoms. The molecule has 2 atom stereocenters. The van der Waals surface area contributed by atoms with Crippen molar-refractivity contribution in [3.63, 3.8) is 0 Å². The van der Waals surface area contributed by atoms with Crippen LogP contribution in [0.5, 0.6) is 0 Å². The van der Waals surface area contributed by atoms with Crippen molar-refractivity contribution in [3.05, 3.63) is 71.0 Å². The van der Waals surface area contributed by atoms with Gasteiger partial charge in [0.2, 0.25) is 0 Å². The van der Waals surface area contributed by atoms with Crippen LogP contribution in [0.1, 0.15) is 47.2 Å². The van der Waals surface area contributed by atoms with E-state index in [0.717, 1.165) is 31.5 Å². The van der Waals surface area contributed by atoms with Gasteiger partial charge in [0, 0.05) is 30.1 Å². The van der Waals surface area contributed by atoms with Gasteiger partial charge in [0.05, 0.1) is 5.56 Å². The van der Waals surface area contributed by atoms with E-state index < -0.39 is 17.6 Å². The first-order chi connectivity index (χ1) is 13.3. The number of rotatable bonds is 4. The minimum atomic E-state index is -4.67. The predicted octanol–water partition coefficient (Wildman–Crippen LogP) is 5.47. The summed E-state index contributed by atoms with van der Waals surface area (Å²) in [5, 5.41) is 0. The van der Waals surface area contributed by atoms with Gasteiger partial charge in [-0.1, -0.05) is 30.3 Å². The largest absolute Gasteiger partial charge is 0.416 e. The van der Waals surface area contributed by atoms with Gasteiger partial charge in [-0.2, -0.15) is 13.2 Å². The predicted molar refractivity (Wildman–Crippen MR) is 97.3 cm³/mol. The number of hydrogen-bond acceptors (Lipinski definition) is 2. The third-order valence-electron chi connectivity index (χ3n) is 5.97. The molecule has 0 saturated carbocycles. The number of piperidine rings is 1. The molecule has 0 aliphatic carbocycles. The van der Waals surface area contributed by atoms with Crippen molar-refractivity contribution in [2.75, 3.05) is 0 Å². The second-order valence-electron chi connectivity index (χ2n) is 7.80. The molecule has 148 valence electrons. The van der Waals surface area contributed by atoms with Crippen LogP contribution in [0.2, 0.25) is 0 Å². The number of carbonyl (C=O) groups is 1. The highest BCUT2D eigenvalue weighted by molar-refractivity contribution is 5.98. The molecule has 2 unspecified atom stereocenters. The Kier molecular flexibility index (Phi) is 5.00. The highest BCUT2D eigenvalue weighted by atomic mass is 19.4. The topological polar surface area (TPSA) is 20.3 Å². The summed E-state index contributed by atoms with van der Waals surface area (Å²) in [6, 6.07) is 12.7. The van der Waals surface area contributed by atoms with Gasteiger partial charge in [-0.25, -0.2) is 4.39 Å². The summed E-state index contributed by atoms with van der Waals surface area (Å²) in [6.07, 6.45) is -1.48. The zero-order valence-corrected chi connectivity index (χ0v) is 15.3. The SMILES string of the molecule is O=C(c1cc(F)cc(C(F)(F)F)c1)C1CC2CCC(C1)N2Cc1ccccc1. The molecule has 2 fully saturated rings. The molecule has 2 nitrogen and oxygen atoms in total. The molecule has 0 amide bonds. The number of Topliss-reactive ketones (excluding diaryl/α,β-unsaturated/α-hetero) is 1. The van der Waals surface area contributed by atoms with Crippen LogP contribution >= 0.6 is 0 Å². The Morgan fingerprint density at radius 2 is 1.64 bits per heavy atom. The first-order valence-electron chi connectivity index (χ1n) is 9.53. The number of alkyl halides is 3. The molecule has 0 N–H and O–H groups in total. The van der Waals surface area contributed by atoms with Crippen LogP contribution in [-0.4, -0.2) is 22.8 Å². The lowest BCUT2D eigenvalue weighted by Gasteiger charge is -2.38. The monoisotopic (exact) mass is 391 g/mol. The summed E-state index contributed by atoms with van der Waals surface area (Å²) in [5.41, 5.74) is -0.0716. The van der Waals surface area contributed by atoms with Crippen molar-refractivity contribution >= 4 is 5.78 Å². The van der Waals surface area contributed by atoms with Crippen LogP contribution in [0.25, 0.3) is 0 Å². The fourth-order valence-electron chi connectivity index (χ4n) is 4.67. The molecule has 4 rings (SSSR count). The van der Waals surface area contributed by atoms with Crippen LogP contribution < -0.4 is 0 Å². The lowest BCUT2D eigenvalue weighted by atomic mass is 9.84. The fraction of sp³-hybridized carbons (Fsp3) is 0.409. The minimum Gasteiger partial charge on any atom is -0.294 e.